The van der Waals surface area contributed by atoms with Crippen molar-refractivity contribution in [2.24, 2.45) is 5.84 Å². The molecule has 0 bridgehead atoms. The first kappa shape index (κ1) is 14.5. The third kappa shape index (κ3) is 3.78. The molecule has 0 saturated heterocycles. The zero-order valence-corrected chi connectivity index (χ0v) is 13.4. The predicted molar refractivity (Wildman–Crippen MR) is 88.8 cm³/mol. The van der Waals surface area contributed by atoms with Gasteiger partial charge in [-0.15, -0.1) is 0 Å². The minimum absolute atomic E-state index is 0.153. The van der Waals surface area contributed by atoms with Crippen LogP contribution in [0.1, 0.15) is 28.3 Å². The summed E-state index contributed by atoms with van der Waals surface area (Å²) in [6, 6.07) is 15.3. The maximum Gasteiger partial charge on any atom is 0.0503 e. The van der Waals surface area contributed by atoms with Crippen LogP contribution in [0.2, 0.25) is 0 Å². The number of rotatable bonds is 4. The monoisotopic (exact) mass is 366 g/mol. The standard InChI is InChI=1S/C16H19IN2/c1-11-3-4-12(2)15(9-11)16(19-18)10-13-5-7-14(17)8-6-13/h3-9,16,19H,10,18H2,1-2H3. The summed E-state index contributed by atoms with van der Waals surface area (Å²) < 4.78 is 1.25. The van der Waals surface area contributed by atoms with Crippen molar-refractivity contribution in [1.29, 1.82) is 0 Å². The number of benzene rings is 2. The smallest absolute Gasteiger partial charge is 0.0503 e. The van der Waals surface area contributed by atoms with Crippen molar-refractivity contribution < 1.29 is 0 Å². The van der Waals surface area contributed by atoms with Crippen molar-refractivity contribution in [2.45, 2.75) is 26.3 Å². The third-order valence-corrected chi connectivity index (χ3v) is 4.08. The van der Waals surface area contributed by atoms with Gasteiger partial charge in [0.2, 0.25) is 0 Å². The van der Waals surface area contributed by atoms with Crippen molar-refractivity contribution in [1.82, 2.24) is 5.43 Å². The molecule has 0 heterocycles. The van der Waals surface area contributed by atoms with Gasteiger partial charge < -0.3 is 0 Å². The molecule has 0 saturated carbocycles. The molecule has 2 rings (SSSR count). The number of nitrogens with two attached hydrogens (primary N) is 1. The van der Waals surface area contributed by atoms with E-state index in [1.54, 1.807) is 0 Å². The fraction of sp³-hybridized carbons (Fsp3) is 0.250. The molecule has 0 amide bonds. The molecule has 2 aromatic carbocycles. The maximum atomic E-state index is 5.75. The van der Waals surface area contributed by atoms with Gasteiger partial charge in [0.1, 0.15) is 0 Å². The normalized spacial score (nSPS) is 12.4. The van der Waals surface area contributed by atoms with Crippen LogP contribution >= 0.6 is 22.6 Å². The first-order valence-corrected chi connectivity index (χ1v) is 7.45. The third-order valence-electron chi connectivity index (χ3n) is 3.36. The van der Waals surface area contributed by atoms with E-state index in [1.165, 1.54) is 25.8 Å². The van der Waals surface area contributed by atoms with E-state index in [4.69, 9.17) is 5.84 Å². The van der Waals surface area contributed by atoms with Crippen molar-refractivity contribution >= 4 is 22.6 Å². The first-order valence-electron chi connectivity index (χ1n) is 6.38. The van der Waals surface area contributed by atoms with Crippen LogP contribution in [0.25, 0.3) is 0 Å². The molecule has 100 valence electrons. The Morgan fingerprint density at radius 1 is 1.11 bits per heavy atom. The Kier molecular flexibility index (Phi) is 4.96. The van der Waals surface area contributed by atoms with Crippen molar-refractivity contribution in [3.8, 4) is 0 Å². The maximum absolute atomic E-state index is 5.75. The van der Waals surface area contributed by atoms with Crippen molar-refractivity contribution in [2.75, 3.05) is 0 Å². The topological polar surface area (TPSA) is 38.0 Å². The first-order chi connectivity index (χ1) is 9.10. The van der Waals surface area contributed by atoms with Gasteiger partial charge in [-0.25, -0.2) is 0 Å². The Hall–Kier alpha value is -0.910. The number of nitrogens with one attached hydrogen (secondary N) is 1. The van der Waals surface area contributed by atoms with Gasteiger partial charge in [0.15, 0.2) is 0 Å². The van der Waals surface area contributed by atoms with Crippen LogP contribution in [-0.4, -0.2) is 0 Å². The van der Waals surface area contributed by atoms with Gasteiger partial charge in [0.25, 0.3) is 0 Å². The highest BCUT2D eigenvalue weighted by atomic mass is 127. The molecule has 2 aromatic rings. The second kappa shape index (κ2) is 6.50. The number of aryl methyl sites for hydroxylation is 2. The van der Waals surface area contributed by atoms with Gasteiger partial charge >= 0.3 is 0 Å². The summed E-state index contributed by atoms with van der Waals surface area (Å²) in [5, 5.41) is 0. The molecule has 0 spiro atoms. The summed E-state index contributed by atoms with van der Waals surface area (Å²) in [5.74, 6) is 5.75. The van der Waals surface area contributed by atoms with Gasteiger partial charge in [-0.1, -0.05) is 35.9 Å². The molecule has 3 N–H and O–H groups in total. The Balaban J connectivity index is 2.24. The molecule has 0 fully saturated rings. The average Bonchev–Trinajstić information content (AvgIpc) is 2.41. The van der Waals surface area contributed by atoms with E-state index in [0.29, 0.717) is 0 Å². The fourth-order valence-electron chi connectivity index (χ4n) is 2.25. The minimum Gasteiger partial charge on any atom is -0.271 e. The lowest BCUT2D eigenvalue weighted by Gasteiger charge is -2.19. The Bertz CT molecular complexity index is 549. The highest BCUT2D eigenvalue weighted by molar-refractivity contribution is 14.1. The highest BCUT2D eigenvalue weighted by Gasteiger charge is 2.13. The average molecular weight is 366 g/mol. The van der Waals surface area contributed by atoms with E-state index < -0.39 is 0 Å². The largest absolute Gasteiger partial charge is 0.271 e. The predicted octanol–water partition coefficient (Wildman–Crippen LogP) is 3.66. The van der Waals surface area contributed by atoms with Gasteiger partial charge in [-0.2, -0.15) is 0 Å². The van der Waals surface area contributed by atoms with Crippen LogP contribution in [-0.2, 0) is 6.42 Å². The lowest BCUT2D eigenvalue weighted by molar-refractivity contribution is 0.549. The molecule has 3 heteroatoms. The molecule has 0 aliphatic heterocycles. The van der Waals surface area contributed by atoms with Crippen LogP contribution in [0, 0.1) is 17.4 Å². The van der Waals surface area contributed by atoms with Crippen LogP contribution in [0.4, 0.5) is 0 Å². The molecule has 0 aliphatic rings. The van der Waals surface area contributed by atoms with Gasteiger partial charge in [-0.05, 0) is 71.7 Å². The van der Waals surface area contributed by atoms with Gasteiger partial charge in [0.05, 0.1) is 6.04 Å². The minimum atomic E-state index is 0.153. The number of hydrogen-bond acceptors (Lipinski definition) is 2. The zero-order valence-electron chi connectivity index (χ0n) is 11.3. The molecule has 0 radical (unpaired) electrons. The Labute approximate surface area is 128 Å². The second-order valence-corrected chi connectivity index (χ2v) is 6.16. The van der Waals surface area contributed by atoms with E-state index >= 15 is 0 Å². The molecule has 1 unspecified atom stereocenters. The lowest BCUT2D eigenvalue weighted by Crippen LogP contribution is -2.30. The summed E-state index contributed by atoms with van der Waals surface area (Å²) in [7, 11) is 0. The van der Waals surface area contributed by atoms with E-state index in [2.05, 4.69) is 84.3 Å². The van der Waals surface area contributed by atoms with Crippen LogP contribution in [0.15, 0.2) is 42.5 Å². The number of halogens is 1. The summed E-state index contributed by atoms with van der Waals surface area (Å²) in [6.07, 6.45) is 0.901. The molecular formula is C16H19IN2. The van der Waals surface area contributed by atoms with Crippen LogP contribution in [0.5, 0.6) is 0 Å². The zero-order chi connectivity index (χ0) is 13.8. The quantitative estimate of drug-likeness (QED) is 0.493. The second-order valence-electron chi connectivity index (χ2n) is 4.91. The summed E-state index contributed by atoms with van der Waals surface area (Å²) >= 11 is 2.32. The van der Waals surface area contributed by atoms with Gasteiger partial charge in [-0.3, -0.25) is 11.3 Å². The number of hydrazine groups is 1. The number of hydrogen-bond donors (Lipinski definition) is 2. The summed E-state index contributed by atoms with van der Waals surface area (Å²) in [6.45, 7) is 4.24. The van der Waals surface area contributed by atoms with Gasteiger partial charge in [0, 0.05) is 3.57 Å². The Morgan fingerprint density at radius 3 is 2.42 bits per heavy atom. The van der Waals surface area contributed by atoms with Crippen molar-refractivity contribution in [3.63, 3.8) is 0 Å². The highest BCUT2D eigenvalue weighted by Crippen LogP contribution is 2.22. The lowest BCUT2D eigenvalue weighted by atomic mass is 9.94. The van der Waals surface area contributed by atoms with Crippen molar-refractivity contribution in [3.05, 3.63) is 68.3 Å². The van der Waals surface area contributed by atoms with E-state index in [1.807, 2.05) is 0 Å². The molecular weight excluding hydrogens is 347 g/mol. The van der Waals surface area contributed by atoms with E-state index in [-0.39, 0.29) is 6.04 Å². The van der Waals surface area contributed by atoms with E-state index in [0.717, 1.165) is 6.42 Å². The van der Waals surface area contributed by atoms with Crippen LogP contribution < -0.4 is 11.3 Å². The summed E-state index contributed by atoms with van der Waals surface area (Å²) in [5.41, 5.74) is 8.07. The van der Waals surface area contributed by atoms with Crippen LogP contribution in [0.3, 0.4) is 0 Å². The molecule has 19 heavy (non-hydrogen) atoms. The molecule has 0 aromatic heterocycles. The summed E-state index contributed by atoms with van der Waals surface area (Å²) in [4.78, 5) is 0. The molecule has 1 atom stereocenters. The molecule has 2 nitrogen and oxygen atoms in total. The molecule has 0 aliphatic carbocycles. The Morgan fingerprint density at radius 2 is 1.79 bits per heavy atom. The SMILES string of the molecule is Cc1ccc(C)c(C(Cc2ccc(I)cc2)NN)c1. The van der Waals surface area contributed by atoms with E-state index in [9.17, 15) is 0 Å². The fourth-order valence-corrected chi connectivity index (χ4v) is 2.61.